The Balaban J connectivity index is 1.94. The van der Waals surface area contributed by atoms with Gasteiger partial charge in [-0.1, -0.05) is 0 Å². The summed E-state index contributed by atoms with van der Waals surface area (Å²) in [7, 11) is 0. The molecule has 1 fully saturated rings. The lowest BCUT2D eigenvalue weighted by Crippen LogP contribution is -2.29. The van der Waals surface area contributed by atoms with E-state index in [0.29, 0.717) is 11.2 Å². The maximum absolute atomic E-state index is 10.1. The lowest BCUT2D eigenvalue weighted by Gasteiger charge is -2.18. The Bertz CT molecular complexity index is 618. The molecule has 9 heteroatoms. The number of nitrogen functional groups attached to an aromatic ring is 1. The van der Waals surface area contributed by atoms with E-state index in [9.17, 15) is 10.2 Å². The van der Waals surface area contributed by atoms with Gasteiger partial charge in [0.05, 0.1) is 19.0 Å². The van der Waals surface area contributed by atoms with Crippen LogP contribution in [0.25, 0.3) is 11.2 Å². The average Bonchev–Trinajstić information content (AvgIpc) is 3.02. The van der Waals surface area contributed by atoms with Crippen molar-refractivity contribution in [3.05, 3.63) is 12.7 Å². The number of hydrogen-bond acceptors (Lipinski definition) is 8. The molecule has 9 nitrogen and oxygen atoms in total. The van der Waals surface area contributed by atoms with Gasteiger partial charge in [0, 0.05) is 6.42 Å². The summed E-state index contributed by atoms with van der Waals surface area (Å²) in [6.45, 7) is -0.427. The van der Waals surface area contributed by atoms with Crippen LogP contribution in [-0.2, 0) is 4.74 Å². The SMILES string of the molecule is Nc1ncnc2c1ncn2[C@@H]1O[C@H]([C@H](O)CO)C[C@@H]1O. The Morgan fingerprint density at radius 1 is 1.45 bits per heavy atom. The Kier molecular flexibility index (Phi) is 3.26. The first kappa shape index (κ1) is 13.2. The van der Waals surface area contributed by atoms with Crippen molar-refractivity contribution >= 4 is 17.0 Å². The molecule has 2 aromatic rings. The van der Waals surface area contributed by atoms with E-state index in [1.54, 1.807) is 4.57 Å². The van der Waals surface area contributed by atoms with Crippen LogP contribution in [0.3, 0.4) is 0 Å². The number of hydrogen-bond donors (Lipinski definition) is 4. The average molecular weight is 281 g/mol. The summed E-state index contributed by atoms with van der Waals surface area (Å²) in [5, 5.41) is 28.6. The number of anilines is 1. The molecule has 4 atom stereocenters. The molecule has 0 spiro atoms. The Morgan fingerprint density at radius 2 is 2.25 bits per heavy atom. The molecule has 3 heterocycles. The molecule has 108 valence electrons. The van der Waals surface area contributed by atoms with Crippen molar-refractivity contribution in [2.45, 2.75) is 31.0 Å². The number of ether oxygens (including phenoxy) is 1. The van der Waals surface area contributed by atoms with E-state index < -0.39 is 31.1 Å². The molecule has 0 aliphatic carbocycles. The van der Waals surface area contributed by atoms with E-state index in [1.165, 1.54) is 12.7 Å². The van der Waals surface area contributed by atoms with Crippen LogP contribution in [0, 0.1) is 0 Å². The second-order valence-electron chi connectivity index (χ2n) is 4.70. The summed E-state index contributed by atoms with van der Waals surface area (Å²) >= 11 is 0. The normalized spacial score (nSPS) is 28.1. The molecule has 20 heavy (non-hydrogen) atoms. The van der Waals surface area contributed by atoms with Gasteiger partial charge in [0.15, 0.2) is 17.7 Å². The summed E-state index contributed by atoms with van der Waals surface area (Å²) in [5.41, 5.74) is 6.57. The first-order valence-electron chi connectivity index (χ1n) is 6.17. The van der Waals surface area contributed by atoms with E-state index in [0.717, 1.165) is 0 Å². The highest BCUT2D eigenvalue weighted by molar-refractivity contribution is 5.81. The zero-order valence-electron chi connectivity index (χ0n) is 10.5. The van der Waals surface area contributed by atoms with Gasteiger partial charge in [-0.15, -0.1) is 0 Å². The third-order valence-electron chi connectivity index (χ3n) is 3.39. The van der Waals surface area contributed by atoms with Gasteiger partial charge in [-0.05, 0) is 0 Å². The maximum atomic E-state index is 10.1. The molecule has 0 amide bonds. The van der Waals surface area contributed by atoms with Crippen molar-refractivity contribution in [2.75, 3.05) is 12.3 Å². The molecule has 3 rings (SSSR count). The van der Waals surface area contributed by atoms with Gasteiger partial charge in [0.25, 0.3) is 0 Å². The van der Waals surface area contributed by atoms with Crippen LogP contribution in [0.4, 0.5) is 5.82 Å². The van der Waals surface area contributed by atoms with Gasteiger partial charge in [-0.2, -0.15) is 0 Å². The van der Waals surface area contributed by atoms with E-state index >= 15 is 0 Å². The van der Waals surface area contributed by atoms with Gasteiger partial charge < -0.3 is 25.8 Å². The van der Waals surface area contributed by atoms with Crippen molar-refractivity contribution in [3.63, 3.8) is 0 Å². The van der Waals surface area contributed by atoms with Crippen LogP contribution in [0.1, 0.15) is 12.6 Å². The minimum atomic E-state index is -1.04. The number of fused-ring (bicyclic) bond motifs is 1. The second kappa shape index (κ2) is 4.94. The lowest BCUT2D eigenvalue weighted by atomic mass is 10.1. The molecule has 0 saturated carbocycles. The fourth-order valence-corrected chi connectivity index (χ4v) is 2.35. The highest BCUT2D eigenvalue weighted by Crippen LogP contribution is 2.32. The number of nitrogens with zero attached hydrogens (tertiary/aromatic N) is 4. The van der Waals surface area contributed by atoms with E-state index in [-0.39, 0.29) is 12.2 Å². The minimum Gasteiger partial charge on any atom is -0.394 e. The third-order valence-corrected chi connectivity index (χ3v) is 3.39. The van der Waals surface area contributed by atoms with Crippen LogP contribution < -0.4 is 5.73 Å². The largest absolute Gasteiger partial charge is 0.394 e. The van der Waals surface area contributed by atoms with Gasteiger partial charge >= 0.3 is 0 Å². The van der Waals surface area contributed by atoms with Gasteiger partial charge in [-0.25, -0.2) is 15.0 Å². The fourth-order valence-electron chi connectivity index (χ4n) is 2.35. The molecular weight excluding hydrogens is 266 g/mol. The zero-order valence-corrected chi connectivity index (χ0v) is 10.5. The zero-order chi connectivity index (χ0) is 14.3. The van der Waals surface area contributed by atoms with Gasteiger partial charge in [0.1, 0.15) is 24.1 Å². The predicted molar refractivity (Wildman–Crippen MR) is 67.4 cm³/mol. The predicted octanol–water partition coefficient (Wildman–Crippen LogP) is -1.59. The highest BCUT2D eigenvalue weighted by Gasteiger charge is 2.39. The molecule has 0 bridgehead atoms. The quantitative estimate of drug-likeness (QED) is 0.528. The first-order chi connectivity index (χ1) is 9.61. The molecule has 1 aliphatic rings. The van der Waals surface area contributed by atoms with Crippen LogP contribution in [0.2, 0.25) is 0 Å². The molecule has 0 radical (unpaired) electrons. The van der Waals surface area contributed by atoms with Crippen LogP contribution >= 0.6 is 0 Å². The van der Waals surface area contributed by atoms with Crippen LogP contribution in [0.15, 0.2) is 12.7 Å². The van der Waals surface area contributed by atoms with Gasteiger partial charge in [-0.3, -0.25) is 4.57 Å². The number of nitrogens with two attached hydrogens (primary N) is 1. The molecular formula is C11H15N5O4. The van der Waals surface area contributed by atoms with Crippen molar-refractivity contribution in [1.82, 2.24) is 19.5 Å². The topological polar surface area (TPSA) is 140 Å². The summed E-state index contributed by atoms with van der Waals surface area (Å²) in [5.74, 6) is 0.244. The smallest absolute Gasteiger partial charge is 0.167 e. The number of aromatic nitrogens is 4. The summed E-state index contributed by atoms with van der Waals surface area (Å²) < 4.78 is 7.12. The summed E-state index contributed by atoms with van der Waals surface area (Å²) in [4.78, 5) is 12.0. The van der Waals surface area contributed by atoms with Crippen molar-refractivity contribution < 1.29 is 20.1 Å². The molecule has 0 unspecified atom stereocenters. The molecule has 1 aliphatic heterocycles. The van der Waals surface area contributed by atoms with Gasteiger partial charge in [0.2, 0.25) is 0 Å². The molecule has 5 N–H and O–H groups in total. The molecule has 2 aromatic heterocycles. The number of aliphatic hydroxyl groups is 3. The van der Waals surface area contributed by atoms with E-state index in [4.69, 9.17) is 15.6 Å². The standard InChI is InChI=1S/C11H15N5O4/c12-9-8-10(14-3-13-9)16(4-15-8)11-5(18)1-7(20-11)6(19)2-17/h3-7,11,17-19H,1-2H2,(H2,12,13,14)/t5-,6+,7-,11+/m0/s1. The monoisotopic (exact) mass is 281 g/mol. The second-order valence-corrected chi connectivity index (χ2v) is 4.70. The lowest BCUT2D eigenvalue weighted by molar-refractivity contribution is -0.0850. The number of rotatable bonds is 3. The minimum absolute atomic E-state index is 0.215. The van der Waals surface area contributed by atoms with Crippen molar-refractivity contribution in [2.24, 2.45) is 0 Å². The Morgan fingerprint density at radius 3 is 3.00 bits per heavy atom. The number of imidazole rings is 1. The Hall–Kier alpha value is -1.81. The van der Waals surface area contributed by atoms with Crippen molar-refractivity contribution in [3.8, 4) is 0 Å². The van der Waals surface area contributed by atoms with E-state index in [2.05, 4.69) is 15.0 Å². The van der Waals surface area contributed by atoms with E-state index in [1.807, 2.05) is 0 Å². The highest BCUT2D eigenvalue weighted by atomic mass is 16.5. The van der Waals surface area contributed by atoms with Crippen molar-refractivity contribution in [1.29, 1.82) is 0 Å². The molecule has 0 aromatic carbocycles. The molecule has 1 saturated heterocycles. The maximum Gasteiger partial charge on any atom is 0.167 e. The third kappa shape index (κ3) is 2.00. The van der Waals surface area contributed by atoms with Crippen LogP contribution in [0.5, 0.6) is 0 Å². The summed E-state index contributed by atoms with van der Waals surface area (Å²) in [6, 6.07) is 0. The van der Waals surface area contributed by atoms with Crippen LogP contribution in [-0.4, -0.2) is 59.8 Å². The first-order valence-corrected chi connectivity index (χ1v) is 6.17. The fraction of sp³-hybridized carbons (Fsp3) is 0.545. The summed E-state index contributed by atoms with van der Waals surface area (Å²) in [6.07, 6.45) is -0.280. The Labute approximate surface area is 113 Å². The number of aliphatic hydroxyl groups excluding tert-OH is 3.